The Hall–Kier alpha value is -2.09. The van der Waals surface area contributed by atoms with E-state index in [2.05, 4.69) is 36.2 Å². The second-order valence-corrected chi connectivity index (χ2v) is 4.10. The average molecular weight is 239 g/mol. The highest BCUT2D eigenvalue weighted by Gasteiger charge is 1.94. The number of nitrogens with zero attached hydrogens (tertiary/aromatic N) is 1. The number of benzene rings is 2. The molecule has 2 rings (SSSR count). The van der Waals surface area contributed by atoms with Crippen molar-refractivity contribution in [1.82, 2.24) is 0 Å². The molecule has 0 atom stereocenters. The Bertz CT molecular complexity index is 529. The summed E-state index contributed by atoms with van der Waals surface area (Å²) in [5.41, 5.74) is 3.26. The van der Waals surface area contributed by atoms with E-state index in [4.69, 9.17) is 4.74 Å². The van der Waals surface area contributed by atoms with Gasteiger partial charge in [-0.3, -0.25) is 4.99 Å². The molecule has 0 aliphatic heterocycles. The summed E-state index contributed by atoms with van der Waals surface area (Å²) >= 11 is 0. The van der Waals surface area contributed by atoms with Gasteiger partial charge >= 0.3 is 0 Å². The Morgan fingerprint density at radius 1 is 1.11 bits per heavy atom. The molecule has 0 aliphatic carbocycles. The van der Waals surface area contributed by atoms with Crippen molar-refractivity contribution in [1.29, 1.82) is 0 Å². The second-order valence-electron chi connectivity index (χ2n) is 4.10. The topological polar surface area (TPSA) is 21.6 Å². The molecule has 0 bridgehead atoms. The maximum absolute atomic E-state index is 5.44. The first-order valence-electron chi connectivity index (χ1n) is 6.11. The van der Waals surface area contributed by atoms with Crippen LogP contribution in [0.4, 0.5) is 5.69 Å². The van der Waals surface area contributed by atoms with Crippen molar-refractivity contribution in [3.63, 3.8) is 0 Å². The quantitative estimate of drug-likeness (QED) is 0.735. The number of aliphatic imine (C=N–C) groups is 1. The van der Waals surface area contributed by atoms with E-state index < -0.39 is 0 Å². The molecular weight excluding hydrogens is 222 g/mol. The van der Waals surface area contributed by atoms with E-state index in [0.717, 1.165) is 17.0 Å². The van der Waals surface area contributed by atoms with Gasteiger partial charge in [0.1, 0.15) is 5.75 Å². The first-order chi connectivity index (χ1) is 8.78. The van der Waals surface area contributed by atoms with Crippen molar-refractivity contribution >= 4 is 11.9 Å². The van der Waals surface area contributed by atoms with Gasteiger partial charge in [-0.2, -0.15) is 0 Å². The lowest BCUT2D eigenvalue weighted by Gasteiger charge is -2.02. The van der Waals surface area contributed by atoms with E-state index in [1.54, 1.807) is 0 Å². The van der Waals surface area contributed by atoms with Crippen molar-refractivity contribution in [3.05, 3.63) is 59.7 Å². The maximum atomic E-state index is 5.44. The van der Waals surface area contributed by atoms with Crippen molar-refractivity contribution < 1.29 is 4.74 Å². The number of rotatable bonds is 4. The Kier molecular flexibility index (Phi) is 4.13. The Morgan fingerprint density at radius 2 is 1.89 bits per heavy atom. The lowest BCUT2D eigenvalue weighted by Crippen LogP contribution is -1.90. The molecule has 0 spiro atoms. The van der Waals surface area contributed by atoms with Crippen LogP contribution in [0.25, 0.3) is 0 Å². The van der Waals surface area contributed by atoms with Gasteiger partial charge < -0.3 is 4.74 Å². The molecule has 0 saturated heterocycles. The molecule has 0 radical (unpaired) electrons. The van der Waals surface area contributed by atoms with Gasteiger partial charge in [0, 0.05) is 12.3 Å². The molecule has 0 heterocycles. The fourth-order valence-electron chi connectivity index (χ4n) is 1.62. The van der Waals surface area contributed by atoms with Gasteiger partial charge in [0.25, 0.3) is 0 Å². The highest BCUT2D eigenvalue weighted by atomic mass is 16.5. The molecule has 2 heteroatoms. The zero-order valence-electron chi connectivity index (χ0n) is 10.8. The van der Waals surface area contributed by atoms with Crippen LogP contribution in [0.2, 0.25) is 0 Å². The van der Waals surface area contributed by atoms with Crippen LogP contribution in [-0.2, 0) is 0 Å². The summed E-state index contributed by atoms with van der Waals surface area (Å²) in [7, 11) is 0. The Balaban J connectivity index is 2.13. The summed E-state index contributed by atoms with van der Waals surface area (Å²) < 4.78 is 5.44. The normalized spacial score (nSPS) is 10.8. The Morgan fingerprint density at radius 3 is 2.61 bits per heavy atom. The molecule has 0 aromatic heterocycles. The summed E-state index contributed by atoms with van der Waals surface area (Å²) in [5.74, 6) is 0.857. The van der Waals surface area contributed by atoms with Gasteiger partial charge in [0.15, 0.2) is 0 Å². The van der Waals surface area contributed by atoms with E-state index in [-0.39, 0.29) is 0 Å². The van der Waals surface area contributed by atoms with Crippen LogP contribution in [0.15, 0.2) is 53.5 Å². The third kappa shape index (κ3) is 3.45. The standard InChI is InChI=1S/C16H17NO/c1-3-18-16-6-4-5-15(11-16)17-12-14-9-7-13(2)8-10-14/h4-12H,3H2,1-2H3. The van der Waals surface area contributed by atoms with Crippen LogP contribution < -0.4 is 4.74 Å². The maximum Gasteiger partial charge on any atom is 0.121 e. The van der Waals surface area contributed by atoms with Crippen molar-refractivity contribution in [2.24, 2.45) is 4.99 Å². The molecule has 2 nitrogen and oxygen atoms in total. The van der Waals surface area contributed by atoms with E-state index in [0.29, 0.717) is 6.61 Å². The lowest BCUT2D eigenvalue weighted by atomic mass is 10.2. The molecule has 2 aromatic rings. The summed E-state index contributed by atoms with van der Waals surface area (Å²) in [4.78, 5) is 4.44. The summed E-state index contributed by atoms with van der Waals surface area (Å²) in [5, 5.41) is 0. The number of aryl methyl sites for hydroxylation is 1. The van der Waals surface area contributed by atoms with E-state index in [1.807, 2.05) is 37.4 Å². The molecule has 0 fully saturated rings. The molecular formula is C16H17NO. The van der Waals surface area contributed by atoms with Gasteiger partial charge in [-0.15, -0.1) is 0 Å². The van der Waals surface area contributed by atoms with Crippen LogP contribution in [0, 0.1) is 6.92 Å². The molecule has 0 saturated carbocycles. The Labute approximate surface area is 108 Å². The van der Waals surface area contributed by atoms with Crippen LogP contribution in [-0.4, -0.2) is 12.8 Å². The van der Waals surface area contributed by atoms with Crippen molar-refractivity contribution in [2.45, 2.75) is 13.8 Å². The molecule has 18 heavy (non-hydrogen) atoms. The van der Waals surface area contributed by atoms with E-state index >= 15 is 0 Å². The summed E-state index contributed by atoms with van der Waals surface area (Å²) in [6, 6.07) is 16.1. The third-order valence-corrected chi connectivity index (χ3v) is 2.57. The fourth-order valence-corrected chi connectivity index (χ4v) is 1.62. The largest absolute Gasteiger partial charge is 0.494 e. The minimum atomic E-state index is 0.672. The van der Waals surface area contributed by atoms with Crippen LogP contribution in [0.3, 0.4) is 0 Å². The number of hydrogen-bond acceptors (Lipinski definition) is 2. The zero-order valence-corrected chi connectivity index (χ0v) is 10.8. The molecule has 92 valence electrons. The highest BCUT2D eigenvalue weighted by Crippen LogP contribution is 2.19. The summed E-state index contributed by atoms with van der Waals surface area (Å²) in [6.07, 6.45) is 1.87. The van der Waals surface area contributed by atoms with E-state index in [1.165, 1.54) is 5.56 Å². The average Bonchev–Trinajstić information content (AvgIpc) is 2.39. The number of ether oxygens (including phenoxy) is 1. The lowest BCUT2D eigenvalue weighted by molar-refractivity contribution is 0.340. The predicted octanol–water partition coefficient (Wildman–Crippen LogP) is 4.14. The SMILES string of the molecule is CCOc1cccc(N=Cc2ccc(C)cc2)c1. The van der Waals surface area contributed by atoms with Crippen LogP contribution >= 0.6 is 0 Å². The molecule has 0 amide bonds. The first kappa shape index (κ1) is 12.4. The van der Waals surface area contributed by atoms with Gasteiger partial charge in [-0.25, -0.2) is 0 Å². The van der Waals surface area contributed by atoms with Crippen LogP contribution in [0.5, 0.6) is 5.75 Å². The molecule has 0 aliphatic rings. The minimum absolute atomic E-state index is 0.672. The van der Waals surface area contributed by atoms with E-state index in [9.17, 15) is 0 Å². The molecule has 0 unspecified atom stereocenters. The van der Waals surface area contributed by atoms with Gasteiger partial charge in [-0.05, 0) is 31.5 Å². The first-order valence-corrected chi connectivity index (χ1v) is 6.11. The van der Waals surface area contributed by atoms with Gasteiger partial charge in [-0.1, -0.05) is 35.9 Å². The fraction of sp³-hybridized carbons (Fsp3) is 0.188. The zero-order chi connectivity index (χ0) is 12.8. The van der Waals surface area contributed by atoms with Crippen molar-refractivity contribution in [3.8, 4) is 5.75 Å². The molecule has 2 aromatic carbocycles. The number of hydrogen-bond donors (Lipinski definition) is 0. The monoisotopic (exact) mass is 239 g/mol. The van der Waals surface area contributed by atoms with Gasteiger partial charge in [0.05, 0.1) is 12.3 Å². The smallest absolute Gasteiger partial charge is 0.121 e. The third-order valence-electron chi connectivity index (χ3n) is 2.57. The highest BCUT2D eigenvalue weighted by molar-refractivity contribution is 5.82. The molecule has 0 N–H and O–H groups in total. The van der Waals surface area contributed by atoms with Crippen molar-refractivity contribution in [2.75, 3.05) is 6.61 Å². The second kappa shape index (κ2) is 6.01. The summed E-state index contributed by atoms with van der Waals surface area (Å²) in [6.45, 7) is 4.72. The predicted molar refractivity (Wildman–Crippen MR) is 76.0 cm³/mol. The minimum Gasteiger partial charge on any atom is -0.494 e. The van der Waals surface area contributed by atoms with Crippen LogP contribution in [0.1, 0.15) is 18.1 Å². The van der Waals surface area contributed by atoms with Gasteiger partial charge in [0.2, 0.25) is 0 Å².